The summed E-state index contributed by atoms with van der Waals surface area (Å²) in [6.07, 6.45) is 70.9. The first-order valence-corrected chi connectivity index (χ1v) is 28.9. The molecule has 3 atom stereocenters. The first kappa shape index (κ1) is 69.1. The predicted octanol–water partition coefficient (Wildman–Crippen LogP) is 16.1. The topological polar surface area (TPSA) is 155 Å². The summed E-state index contributed by atoms with van der Waals surface area (Å²) in [4.78, 5) is 48.4. The van der Waals surface area contributed by atoms with Crippen LogP contribution in [0.3, 0.4) is 0 Å². The number of aliphatic hydroxyl groups excluding tert-OH is 1. The molecule has 11 nitrogen and oxygen atoms in total. The molecule has 2 N–H and O–H groups in total. The van der Waals surface area contributed by atoms with Crippen molar-refractivity contribution in [1.29, 1.82) is 0 Å². The van der Waals surface area contributed by atoms with Gasteiger partial charge in [-0.05, 0) is 128 Å². The molecule has 0 spiro atoms. The molecule has 0 fully saturated rings. The third-order valence-electron chi connectivity index (χ3n) is 10.4. The van der Waals surface area contributed by atoms with Crippen LogP contribution in [0.5, 0.6) is 0 Å². The molecule has 0 bridgehead atoms. The lowest BCUT2D eigenvalue weighted by Gasteiger charge is -2.21. The quantitative estimate of drug-likeness (QED) is 0.0197. The first-order chi connectivity index (χ1) is 36.2. The molecular formula is C62H95O11P. The highest BCUT2D eigenvalue weighted by atomic mass is 31.2. The molecule has 74 heavy (non-hydrogen) atoms. The van der Waals surface area contributed by atoms with Crippen molar-refractivity contribution >= 4 is 25.7 Å². The summed E-state index contributed by atoms with van der Waals surface area (Å²) in [7, 11) is -4.79. The number of hydrogen-bond acceptors (Lipinski definition) is 10. The Balaban J connectivity index is 4.93. The Morgan fingerprint density at radius 1 is 0.378 bits per heavy atom. The fourth-order valence-electron chi connectivity index (χ4n) is 6.38. The number of hydrogen-bond donors (Lipinski definition) is 2. The van der Waals surface area contributed by atoms with Gasteiger partial charge >= 0.3 is 25.7 Å². The van der Waals surface area contributed by atoms with Gasteiger partial charge in [-0.25, -0.2) is 4.57 Å². The summed E-state index contributed by atoms with van der Waals surface area (Å²) in [6, 6.07) is 0. The van der Waals surface area contributed by atoms with Gasteiger partial charge in [-0.1, -0.05) is 185 Å². The van der Waals surface area contributed by atoms with Crippen LogP contribution in [0.1, 0.15) is 175 Å². The van der Waals surface area contributed by atoms with Gasteiger partial charge in [0.1, 0.15) is 12.7 Å². The van der Waals surface area contributed by atoms with Crippen LogP contribution in [-0.2, 0) is 42.2 Å². The molecule has 0 aromatic carbocycles. The molecule has 0 heterocycles. The Morgan fingerprint density at radius 3 is 1.07 bits per heavy atom. The van der Waals surface area contributed by atoms with Crippen LogP contribution >= 0.6 is 7.82 Å². The van der Waals surface area contributed by atoms with Crippen LogP contribution in [0, 0.1) is 0 Å². The molecule has 0 aliphatic heterocycles. The van der Waals surface area contributed by atoms with Gasteiger partial charge in [-0.15, -0.1) is 0 Å². The van der Waals surface area contributed by atoms with Crippen molar-refractivity contribution in [3.8, 4) is 0 Å². The number of carbonyl (C=O) groups excluding carboxylic acids is 3. The second-order valence-electron chi connectivity index (χ2n) is 17.2. The van der Waals surface area contributed by atoms with E-state index in [-0.39, 0.29) is 19.3 Å². The van der Waals surface area contributed by atoms with Crippen molar-refractivity contribution < 1.29 is 52.2 Å². The number of rotatable bonds is 48. The lowest BCUT2D eigenvalue weighted by molar-refractivity contribution is -0.161. The van der Waals surface area contributed by atoms with E-state index in [0.717, 1.165) is 116 Å². The van der Waals surface area contributed by atoms with Crippen LogP contribution in [-0.4, -0.2) is 66.5 Å². The molecule has 3 unspecified atom stereocenters. The average Bonchev–Trinajstić information content (AvgIpc) is 3.39. The van der Waals surface area contributed by atoms with Crippen LogP contribution in [0.25, 0.3) is 0 Å². The van der Waals surface area contributed by atoms with Gasteiger partial charge in [0, 0.05) is 19.3 Å². The SMILES string of the molecule is CC/C=C\C/C=C\C/C=C\C/C=C\C/C=C\CCCCCC(=O)OC(COC(=O)CC/C=C\C/C=C\C/C=C\C/C=C\CC)COP(=O)(O)OCC(CO)OC(=O)CCCC/C=C\C/C=C\C/C=C\C/C=C\CC. The number of carbonyl (C=O) groups is 3. The zero-order chi connectivity index (χ0) is 54.1. The largest absolute Gasteiger partial charge is 0.472 e. The summed E-state index contributed by atoms with van der Waals surface area (Å²) < 4.78 is 39.3. The van der Waals surface area contributed by atoms with Crippen molar-refractivity contribution in [2.45, 2.75) is 187 Å². The summed E-state index contributed by atoms with van der Waals surface area (Å²) in [5.41, 5.74) is 0. The van der Waals surface area contributed by atoms with Crippen LogP contribution in [0.15, 0.2) is 158 Å². The Labute approximate surface area is 447 Å². The van der Waals surface area contributed by atoms with Gasteiger partial charge in [-0.2, -0.15) is 0 Å². The zero-order valence-corrected chi connectivity index (χ0v) is 46.4. The Hall–Kier alpha value is -4.90. The second kappa shape index (κ2) is 54.4. The number of phosphoric acid groups is 1. The fraction of sp³-hybridized carbons (Fsp3) is 0.532. The maximum atomic E-state index is 12.9. The van der Waals surface area contributed by atoms with Crippen LogP contribution in [0.4, 0.5) is 0 Å². The maximum Gasteiger partial charge on any atom is 0.472 e. The molecule has 0 aliphatic carbocycles. The molecule has 414 valence electrons. The van der Waals surface area contributed by atoms with Gasteiger partial charge in [-0.3, -0.25) is 23.4 Å². The van der Waals surface area contributed by atoms with E-state index in [1.54, 1.807) is 0 Å². The molecule has 0 amide bonds. The Kier molecular flexibility index (Phi) is 50.8. The monoisotopic (exact) mass is 1050 g/mol. The van der Waals surface area contributed by atoms with Crippen molar-refractivity contribution in [2.75, 3.05) is 26.4 Å². The van der Waals surface area contributed by atoms with Gasteiger partial charge in [0.05, 0.1) is 19.8 Å². The number of esters is 3. The Morgan fingerprint density at radius 2 is 0.689 bits per heavy atom. The maximum absolute atomic E-state index is 12.9. The van der Waals surface area contributed by atoms with Crippen molar-refractivity contribution in [3.63, 3.8) is 0 Å². The second-order valence-corrected chi connectivity index (χ2v) is 18.7. The highest BCUT2D eigenvalue weighted by Gasteiger charge is 2.28. The third kappa shape index (κ3) is 52.0. The number of phosphoric ester groups is 1. The van der Waals surface area contributed by atoms with Crippen LogP contribution in [0.2, 0.25) is 0 Å². The predicted molar refractivity (Wildman–Crippen MR) is 306 cm³/mol. The molecule has 0 aromatic heterocycles. The lowest BCUT2D eigenvalue weighted by Crippen LogP contribution is -2.30. The highest BCUT2D eigenvalue weighted by molar-refractivity contribution is 7.47. The first-order valence-electron chi connectivity index (χ1n) is 27.4. The van der Waals surface area contributed by atoms with E-state index in [2.05, 4.69) is 167 Å². The molecular weight excluding hydrogens is 952 g/mol. The summed E-state index contributed by atoms with van der Waals surface area (Å²) in [5, 5.41) is 9.79. The standard InChI is InChI=1S/C62H95O11P/c1-4-7-10-13-16-19-22-25-27-28-29-30-32-35-38-41-44-47-50-53-62(66)73-59(55-69-60(64)51-48-45-42-39-36-33-24-21-18-15-12-9-6-3)57-71-74(67,68)70-56-58(54-63)72-61(65)52-49-46-43-40-37-34-31-26-23-20-17-14-11-8-5-2/h7-12,16-21,25-27,29-31,33,35-38,40,42,45,58-59,63H,4-6,13-15,22-24,28,32,34,39,41,43-44,46-57H2,1-3H3,(H,67,68)/b10-7-,11-8-,12-9-,19-16-,20-17-,21-18-,27-25-,30-29-,31-26-,36-33-,38-35-,40-37-,45-42-. The number of unbranched alkanes of at least 4 members (excludes halogenated alkanes) is 5. The lowest BCUT2D eigenvalue weighted by atomic mass is 10.1. The average molecular weight is 1050 g/mol. The number of allylic oxidation sites excluding steroid dienone is 26. The van der Waals surface area contributed by atoms with Gasteiger partial charge < -0.3 is 24.2 Å². The Bertz CT molecular complexity index is 1840. The van der Waals surface area contributed by atoms with E-state index in [9.17, 15) is 28.9 Å². The van der Waals surface area contributed by atoms with Crippen molar-refractivity contribution in [1.82, 2.24) is 0 Å². The van der Waals surface area contributed by atoms with E-state index < -0.39 is 64.4 Å². The molecule has 0 rings (SSSR count). The van der Waals surface area contributed by atoms with Crippen LogP contribution < -0.4 is 0 Å². The molecule has 0 aliphatic rings. The minimum absolute atomic E-state index is 0.0851. The molecule has 0 aromatic rings. The minimum atomic E-state index is -4.79. The smallest absolute Gasteiger partial charge is 0.462 e. The number of ether oxygens (including phenoxy) is 3. The van der Waals surface area contributed by atoms with Crippen molar-refractivity contribution in [3.05, 3.63) is 158 Å². The highest BCUT2D eigenvalue weighted by Crippen LogP contribution is 2.43. The van der Waals surface area contributed by atoms with Gasteiger partial charge in [0.15, 0.2) is 6.10 Å². The number of aliphatic hydroxyl groups is 1. The summed E-state index contributed by atoms with van der Waals surface area (Å²) >= 11 is 0. The van der Waals surface area contributed by atoms with Crippen molar-refractivity contribution in [2.24, 2.45) is 0 Å². The minimum Gasteiger partial charge on any atom is -0.462 e. The van der Waals surface area contributed by atoms with E-state index in [1.165, 1.54) is 0 Å². The van der Waals surface area contributed by atoms with E-state index in [0.29, 0.717) is 19.3 Å². The van der Waals surface area contributed by atoms with Gasteiger partial charge in [0.2, 0.25) is 0 Å². The van der Waals surface area contributed by atoms with E-state index >= 15 is 0 Å². The normalized spacial score (nSPS) is 14.6. The fourth-order valence-corrected chi connectivity index (χ4v) is 7.17. The molecule has 12 heteroatoms. The molecule has 0 saturated carbocycles. The zero-order valence-electron chi connectivity index (χ0n) is 45.5. The summed E-state index contributed by atoms with van der Waals surface area (Å²) in [5.74, 6) is -1.67. The summed E-state index contributed by atoms with van der Waals surface area (Å²) in [6.45, 7) is 4.09. The van der Waals surface area contributed by atoms with E-state index in [1.807, 2.05) is 12.2 Å². The van der Waals surface area contributed by atoms with Gasteiger partial charge in [0.25, 0.3) is 0 Å². The molecule has 0 saturated heterocycles. The molecule has 0 radical (unpaired) electrons. The third-order valence-corrected chi connectivity index (χ3v) is 11.4. The van der Waals surface area contributed by atoms with E-state index in [4.69, 9.17) is 23.3 Å².